The van der Waals surface area contributed by atoms with Crippen LogP contribution in [0.2, 0.25) is 0 Å². The molecular formula is C29H22N2O3S. The maximum atomic E-state index is 13.1. The minimum absolute atomic E-state index is 0.0317. The molecule has 5 nitrogen and oxygen atoms in total. The summed E-state index contributed by atoms with van der Waals surface area (Å²) in [6.45, 7) is 0. The molecule has 172 valence electrons. The van der Waals surface area contributed by atoms with E-state index in [0.717, 1.165) is 45.2 Å². The first kappa shape index (κ1) is 21.6. The van der Waals surface area contributed by atoms with Crippen molar-refractivity contribution in [3.05, 3.63) is 95.6 Å². The zero-order chi connectivity index (χ0) is 23.9. The molecule has 0 bridgehead atoms. The van der Waals surface area contributed by atoms with E-state index in [0.29, 0.717) is 16.8 Å². The van der Waals surface area contributed by atoms with E-state index in [1.807, 2.05) is 54.6 Å². The molecule has 35 heavy (non-hydrogen) atoms. The highest BCUT2D eigenvalue weighted by Gasteiger charge is 2.26. The highest BCUT2D eigenvalue weighted by molar-refractivity contribution is 8.00. The average Bonchev–Trinajstić information content (AvgIpc) is 3.70. The Bertz CT molecular complexity index is 1520. The van der Waals surface area contributed by atoms with Crippen LogP contribution in [0.3, 0.4) is 0 Å². The van der Waals surface area contributed by atoms with Crippen LogP contribution in [0, 0.1) is 0 Å². The maximum absolute atomic E-state index is 13.1. The van der Waals surface area contributed by atoms with Gasteiger partial charge in [0, 0.05) is 38.7 Å². The predicted octanol–water partition coefficient (Wildman–Crippen LogP) is 5.67. The maximum Gasteiger partial charge on any atom is 0.251 e. The smallest absolute Gasteiger partial charge is 0.251 e. The molecule has 2 aliphatic rings. The third-order valence-electron chi connectivity index (χ3n) is 6.39. The molecule has 2 amide bonds. The second-order valence-electron chi connectivity index (χ2n) is 8.88. The fourth-order valence-electron chi connectivity index (χ4n) is 4.56. The van der Waals surface area contributed by atoms with Gasteiger partial charge in [0.25, 0.3) is 5.91 Å². The van der Waals surface area contributed by atoms with Gasteiger partial charge in [-0.15, -0.1) is 11.8 Å². The van der Waals surface area contributed by atoms with Crippen LogP contribution >= 0.6 is 11.8 Å². The predicted molar refractivity (Wildman–Crippen MR) is 139 cm³/mol. The number of amides is 2. The van der Waals surface area contributed by atoms with Crippen LogP contribution in [-0.2, 0) is 4.79 Å². The highest BCUT2D eigenvalue weighted by Crippen LogP contribution is 2.42. The molecule has 0 aliphatic heterocycles. The van der Waals surface area contributed by atoms with Crippen LogP contribution in [-0.4, -0.2) is 29.4 Å². The SMILES string of the molecule is O=C(CSc1ccc2c3c(cccc13)C(=O)c1ccccc1-2)Nc1cccc(C(=O)NC2CC2)c1. The summed E-state index contributed by atoms with van der Waals surface area (Å²) in [5, 5.41) is 7.77. The van der Waals surface area contributed by atoms with Crippen molar-refractivity contribution in [3.8, 4) is 11.1 Å². The summed E-state index contributed by atoms with van der Waals surface area (Å²) in [5.74, 6) is -0.0272. The fourth-order valence-corrected chi connectivity index (χ4v) is 5.40. The molecule has 1 fully saturated rings. The van der Waals surface area contributed by atoms with E-state index in [1.165, 1.54) is 11.8 Å². The van der Waals surface area contributed by atoms with E-state index in [-0.39, 0.29) is 29.4 Å². The van der Waals surface area contributed by atoms with Crippen molar-refractivity contribution >= 4 is 45.8 Å². The van der Waals surface area contributed by atoms with Gasteiger partial charge in [-0.2, -0.15) is 0 Å². The number of ketones is 1. The molecule has 2 N–H and O–H groups in total. The lowest BCUT2D eigenvalue weighted by Gasteiger charge is -2.21. The number of hydrogen-bond donors (Lipinski definition) is 2. The van der Waals surface area contributed by atoms with Crippen molar-refractivity contribution in [3.63, 3.8) is 0 Å². The third-order valence-corrected chi connectivity index (χ3v) is 7.46. The number of fused-ring (bicyclic) bond motifs is 2. The molecule has 0 unspecified atom stereocenters. The standard InChI is InChI=1S/C29H22N2O3S/c32-26(30-19-6-3-5-17(15-19)29(34)31-18-11-12-18)16-35-25-14-13-21-20-7-1-2-8-22(20)28(33)24-10-4-9-23(25)27(21)24/h1-10,13-15,18H,11-12,16H2,(H,30,32)(H,31,34). The summed E-state index contributed by atoms with van der Waals surface area (Å²) in [6, 6.07) is 24.8. The van der Waals surface area contributed by atoms with E-state index in [2.05, 4.69) is 10.6 Å². The first-order valence-corrected chi connectivity index (χ1v) is 12.6. The van der Waals surface area contributed by atoms with E-state index in [1.54, 1.807) is 24.3 Å². The number of rotatable bonds is 6. The summed E-state index contributed by atoms with van der Waals surface area (Å²) >= 11 is 1.44. The lowest BCUT2D eigenvalue weighted by molar-refractivity contribution is -0.113. The van der Waals surface area contributed by atoms with Crippen molar-refractivity contribution in [1.29, 1.82) is 0 Å². The number of benzene rings is 4. The van der Waals surface area contributed by atoms with Gasteiger partial charge in [-0.05, 0) is 53.6 Å². The number of carbonyl (C=O) groups is 3. The van der Waals surface area contributed by atoms with Gasteiger partial charge in [0.2, 0.25) is 5.91 Å². The summed E-state index contributed by atoms with van der Waals surface area (Å²) in [5.41, 5.74) is 4.54. The summed E-state index contributed by atoms with van der Waals surface area (Å²) < 4.78 is 0. The Morgan fingerprint density at radius 3 is 2.43 bits per heavy atom. The minimum atomic E-state index is -0.156. The molecule has 0 saturated heterocycles. The monoisotopic (exact) mass is 478 g/mol. The van der Waals surface area contributed by atoms with Crippen LogP contribution in [0.4, 0.5) is 5.69 Å². The summed E-state index contributed by atoms with van der Waals surface area (Å²) in [7, 11) is 0. The molecule has 6 rings (SSSR count). The fraction of sp³-hybridized carbons (Fsp3) is 0.138. The van der Waals surface area contributed by atoms with Crippen LogP contribution in [0.15, 0.2) is 83.8 Å². The van der Waals surface area contributed by atoms with E-state index in [9.17, 15) is 14.4 Å². The average molecular weight is 479 g/mol. The molecule has 0 heterocycles. The number of thioether (sulfide) groups is 1. The van der Waals surface area contributed by atoms with E-state index < -0.39 is 0 Å². The van der Waals surface area contributed by atoms with Gasteiger partial charge >= 0.3 is 0 Å². The van der Waals surface area contributed by atoms with Crippen molar-refractivity contribution in [2.45, 2.75) is 23.8 Å². The summed E-state index contributed by atoms with van der Waals surface area (Å²) in [6.07, 6.45) is 2.05. The Morgan fingerprint density at radius 1 is 0.829 bits per heavy atom. The Hall–Kier alpha value is -3.90. The van der Waals surface area contributed by atoms with Gasteiger partial charge in [0.1, 0.15) is 0 Å². The largest absolute Gasteiger partial charge is 0.349 e. The molecule has 0 spiro atoms. The second kappa shape index (κ2) is 8.71. The molecule has 6 heteroatoms. The lowest BCUT2D eigenvalue weighted by atomic mass is 9.83. The topological polar surface area (TPSA) is 75.3 Å². The molecule has 1 saturated carbocycles. The van der Waals surface area contributed by atoms with Crippen LogP contribution in [0.5, 0.6) is 0 Å². The van der Waals surface area contributed by atoms with Crippen LogP contribution in [0.1, 0.15) is 39.1 Å². The van der Waals surface area contributed by atoms with E-state index >= 15 is 0 Å². The van der Waals surface area contributed by atoms with Crippen molar-refractivity contribution in [2.24, 2.45) is 0 Å². The zero-order valence-electron chi connectivity index (χ0n) is 18.8. The van der Waals surface area contributed by atoms with Crippen molar-refractivity contribution in [1.82, 2.24) is 5.32 Å². The van der Waals surface area contributed by atoms with E-state index in [4.69, 9.17) is 0 Å². The van der Waals surface area contributed by atoms with Crippen LogP contribution in [0.25, 0.3) is 21.9 Å². The second-order valence-corrected chi connectivity index (χ2v) is 9.90. The van der Waals surface area contributed by atoms with Gasteiger partial charge in [-0.25, -0.2) is 0 Å². The molecule has 4 aromatic rings. The van der Waals surface area contributed by atoms with Gasteiger partial charge in [0.15, 0.2) is 5.78 Å². The van der Waals surface area contributed by atoms with Crippen molar-refractivity contribution in [2.75, 3.05) is 11.1 Å². The molecular weight excluding hydrogens is 456 g/mol. The van der Waals surface area contributed by atoms with Gasteiger partial charge in [-0.1, -0.05) is 54.6 Å². The quantitative estimate of drug-likeness (QED) is 0.308. The van der Waals surface area contributed by atoms with Gasteiger partial charge in [0.05, 0.1) is 5.75 Å². The lowest BCUT2D eigenvalue weighted by Crippen LogP contribution is -2.25. The number of hydrogen-bond acceptors (Lipinski definition) is 4. The normalized spacial score (nSPS) is 13.9. The third kappa shape index (κ3) is 4.10. The molecule has 2 aliphatic carbocycles. The molecule has 0 aromatic heterocycles. The summed E-state index contributed by atoms with van der Waals surface area (Å²) in [4.78, 5) is 39.1. The zero-order valence-corrected chi connectivity index (χ0v) is 19.7. The molecule has 0 atom stereocenters. The van der Waals surface area contributed by atoms with Gasteiger partial charge in [-0.3, -0.25) is 14.4 Å². The Morgan fingerprint density at radius 2 is 1.60 bits per heavy atom. The number of nitrogens with one attached hydrogen (secondary N) is 2. The first-order valence-electron chi connectivity index (χ1n) is 11.6. The first-order chi connectivity index (χ1) is 17.1. The Kier molecular flexibility index (Phi) is 5.38. The minimum Gasteiger partial charge on any atom is -0.349 e. The molecule has 0 radical (unpaired) electrons. The highest BCUT2D eigenvalue weighted by atomic mass is 32.2. The number of carbonyl (C=O) groups excluding carboxylic acids is 3. The molecule has 4 aromatic carbocycles. The van der Waals surface area contributed by atoms with Crippen LogP contribution < -0.4 is 10.6 Å². The van der Waals surface area contributed by atoms with Gasteiger partial charge < -0.3 is 10.6 Å². The Labute approximate surface area is 206 Å². The van der Waals surface area contributed by atoms with Crippen molar-refractivity contribution < 1.29 is 14.4 Å². The Balaban J connectivity index is 1.21. The number of anilines is 1.